The lowest BCUT2D eigenvalue weighted by Gasteiger charge is -2.31. The van der Waals surface area contributed by atoms with Crippen LogP contribution >= 0.6 is 0 Å². The molecule has 0 spiro atoms. The summed E-state index contributed by atoms with van der Waals surface area (Å²) in [6, 6.07) is 13.8. The molecule has 1 amide bonds. The molecule has 0 saturated carbocycles. The Morgan fingerprint density at radius 3 is 2.31 bits per heavy atom. The van der Waals surface area contributed by atoms with Crippen molar-refractivity contribution in [1.29, 1.82) is 0 Å². The van der Waals surface area contributed by atoms with Crippen molar-refractivity contribution in [3.05, 3.63) is 54.1 Å². The molecule has 2 heterocycles. The van der Waals surface area contributed by atoms with Crippen LogP contribution in [0.5, 0.6) is 11.5 Å². The van der Waals surface area contributed by atoms with Crippen LogP contribution in [0.15, 0.2) is 53.4 Å². The lowest BCUT2D eigenvalue weighted by Crippen LogP contribution is -2.45. The molecule has 2 aromatic rings. The Bertz CT molecular complexity index is 1050. The molecule has 2 atom stereocenters. The van der Waals surface area contributed by atoms with Crippen LogP contribution < -0.4 is 9.47 Å². The first-order valence-corrected chi connectivity index (χ1v) is 12.0. The van der Waals surface area contributed by atoms with Crippen molar-refractivity contribution in [3.63, 3.8) is 0 Å². The summed E-state index contributed by atoms with van der Waals surface area (Å²) in [5, 5.41) is 0. The van der Waals surface area contributed by atoms with Crippen LogP contribution in [-0.4, -0.2) is 77.1 Å². The molecule has 32 heavy (non-hydrogen) atoms. The molecule has 0 aliphatic carbocycles. The molecule has 0 aromatic heterocycles. The number of sulfonamides is 1. The quantitative estimate of drug-likeness (QED) is 0.655. The zero-order chi connectivity index (χ0) is 22.7. The third-order valence-corrected chi connectivity index (χ3v) is 7.99. The number of rotatable bonds is 6. The van der Waals surface area contributed by atoms with Gasteiger partial charge in [-0.2, -0.15) is 4.31 Å². The van der Waals surface area contributed by atoms with E-state index in [1.54, 1.807) is 24.1 Å². The van der Waals surface area contributed by atoms with Crippen molar-refractivity contribution in [2.24, 2.45) is 5.92 Å². The minimum atomic E-state index is -3.77. The summed E-state index contributed by atoms with van der Waals surface area (Å²) in [4.78, 5) is 15.4. The number of carbonyl (C=O) groups excluding carboxylic acids is 1. The average molecular weight is 461 g/mol. The zero-order valence-corrected chi connectivity index (χ0v) is 19.1. The standard InChI is InChI=1S/C23H28N2O6S/c1-29-18-6-8-20(9-7-18)32(27,28)25-15-21(17-4-3-5-19(14-17)30-2)22(16-25)23(26)24-10-12-31-13-11-24/h3-9,14,21-22H,10-13,15-16H2,1-2H3/t21-,22-/m0/s1. The van der Waals surface area contributed by atoms with Gasteiger partial charge in [-0.05, 0) is 42.0 Å². The van der Waals surface area contributed by atoms with E-state index < -0.39 is 15.9 Å². The van der Waals surface area contributed by atoms with Gasteiger partial charge in [0.1, 0.15) is 11.5 Å². The maximum atomic E-state index is 13.4. The molecule has 0 N–H and O–H groups in total. The van der Waals surface area contributed by atoms with Crippen LogP contribution in [0.4, 0.5) is 0 Å². The Morgan fingerprint density at radius 1 is 0.969 bits per heavy atom. The Hall–Kier alpha value is -2.62. The number of amides is 1. The van der Waals surface area contributed by atoms with Gasteiger partial charge < -0.3 is 19.1 Å². The molecular formula is C23H28N2O6S. The van der Waals surface area contributed by atoms with E-state index in [0.29, 0.717) is 37.8 Å². The maximum absolute atomic E-state index is 13.4. The largest absolute Gasteiger partial charge is 0.497 e. The van der Waals surface area contributed by atoms with Gasteiger partial charge in [0.15, 0.2) is 0 Å². The van der Waals surface area contributed by atoms with Gasteiger partial charge in [0.05, 0.1) is 38.2 Å². The number of methoxy groups -OCH3 is 2. The fourth-order valence-electron chi connectivity index (χ4n) is 4.34. The van der Waals surface area contributed by atoms with Gasteiger partial charge in [0.25, 0.3) is 0 Å². The molecule has 9 heteroatoms. The second-order valence-corrected chi connectivity index (χ2v) is 9.86. The first kappa shape index (κ1) is 22.6. The van der Waals surface area contributed by atoms with Gasteiger partial charge in [-0.1, -0.05) is 12.1 Å². The molecule has 0 unspecified atom stereocenters. The molecule has 0 bridgehead atoms. The maximum Gasteiger partial charge on any atom is 0.243 e. The predicted molar refractivity (Wildman–Crippen MR) is 118 cm³/mol. The van der Waals surface area contributed by atoms with Gasteiger partial charge >= 0.3 is 0 Å². The van der Waals surface area contributed by atoms with E-state index in [-0.39, 0.29) is 29.8 Å². The highest BCUT2D eigenvalue weighted by Gasteiger charge is 2.45. The van der Waals surface area contributed by atoms with Gasteiger partial charge in [-0.15, -0.1) is 0 Å². The lowest BCUT2D eigenvalue weighted by atomic mass is 9.87. The van der Waals surface area contributed by atoms with Crippen LogP contribution in [0.2, 0.25) is 0 Å². The van der Waals surface area contributed by atoms with Crippen molar-refractivity contribution in [3.8, 4) is 11.5 Å². The predicted octanol–water partition coefficient (Wildman–Crippen LogP) is 1.97. The summed E-state index contributed by atoms with van der Waals surface area (Å²) in [7, 11) is -0.646. The van der Waals surface area contributed by atoms with E-state index in [1.807, 2.05) is 24.3 Å². The van der Waals surface area contributed by atoms with E-state index in [9.17, 15) is 13.2 Å². The second kappa shape index (κ2) is 9.48. The number of nitrogens with zero attached hydrogens (tertiary/aromatic N) is 2. The molecular weight excluding hydrogens is 432 g/mol. The van der Waals surface area contributed by atoms with E-state index in [1.165, 1.54) is 23.5 Å². The normalized spacial score (nSPS) is 22.0. The molecule has 2 fully saturated rings. The third kappa shape index (κ3) is 4.46. The molecule has 0 radical (unpaired) electrons. The number of morpholine rings is 1. The van der Waals surface area contributed by atoms with Crippen LogP contribution in [0.3, 0.4) is 0 Å². The van der Waals surface area contributed by atoms with E-state index in [4.69, 9.17) is 14.2 Å². The SMILES string of the molecule is COc1ccc(S(=O)(=O)N2C[C@H](C(=O)N3CCOCC3)[C@H](c3cccc(OC)c3)C2)cc1. The smallest absolute Gasteiger partial charge is 0.243 e. The van der Waals surface area contributed by atoms with Crippen LogP contribution in [0, 0.1) is 5.92 Å². The average Bonchev–Trinajstić information content (AvgIpc) is 3.30. The summed E-state index contributed by atoms with van der Waals surface area (Å²) in [5.41, 5.74) is 0.892. The number of benzene rings is 2. The topological polar surface area (TPSA) is 85.4 Å². The molecule has 8 nitrogen and oxygen atoms in total. The highest BCUT2D eigenvalue weighted by molar-refractivity contribution is 7.89. The fourth-order valence-corrected chi connectivity index (χ4v) is 5.83. The molecule has 2 aliphatic heterocycles. The van der Waals surface area contributed by atoms with E-state index >= 15 is 0 Å². The summed E-state index contributed by atoms with van der Waals surface area (Å²) < 4.78 is 44.1. The van der Waals surface area contributed by atoms with Crippen LogP contribution in [0.1, 0.15) is 11.5 Å². The monoisotopic (exact) mass is 460 g/mol. The van der Waals surface area contributed by atoms with Crippen molar-refractivity contribution in [2.75, 3.05) is 53.6 Å². The number of ether oxygens (including phenoxy) is 3. The van der Waals surface area contributed by atoms with Crippen LogP contribution in [0.25, 0.3) is 0 Å². The first-order valence-electron chi connectivity index (χ1n) is 10.6. The Labute approximate surface area is 188 Å². The number of carbonyl (C=O) groups is 1. The van der Waals surface area contributed by atoms with Crippen molar-refractivity contribution >= 4 is 15.9 Å². The Balaban J connectivity index is 1.65. The summed E-state index contributed by atoms with van der Waals surface area (Å²) >= 11 is 0. The molecule has 2 aromatic carbocycles. The zero-order valence-electron chi connectivity index (χ0n) is 18.3. The molecule has 4 rings (SSSR count). The van der Waals surface area contributed by atoms with Gasteiger partial charge in [0, 0.05) is 32.1 Å². The Kier molecular flexibility index (Phi) is 6.68. The van der Waals surface area contributed by atoms with Crippen molar-refractivity contribution in [2.45, 2.75) is 10.8 Å². The van der Waals surface area contributed by atoms with Crippen LogP contribution in [-0.2, 0) is 19.6 Å². The van der Waals surface area contributed by atoms with Crippen molar-refractivity contribution < 1.29 is 27.4 Å². The van der Waals surface area contributed by atoms with Gasteiger partial charge in [0.2, 0.25) is 15.9 Å². The van der Waals surface area contributed by atoms with E-state index in [0.717, 1.165) is 5.56 Å². The third-order valence-electron chi connectivity index (χ3n) is 6.15. The highest BCUT2D eigenvalue weighted by atomic mass is 32.2. The fraction of sp³-hybridized carbons (Fsp3) is 0.435. The minimum Gasteiger partial charge on any atom is -0.497 e. The summed E-state index contributed by atoms with van der Waals surface area (Å²) in [5.74, 6) is 0.479. The Morgan fingerprint density at radius 2 is 1.66 bits per heavy atom. The van der Waals surface area contributed by atoms with Gasteiger partial charge in [-0.25, -0.2) is 8.42 Å². The van der Waals surface area contributed by atoms with Gasteiger partial charge in [-0.3, -0.25) is 4.79 Å². The molecule has 172 valence electrons. The lowest BCUT2D eigenvalue weighted by molar-refractivity contribution is -0.139. The number of hydrogen-bond acceptors (Lipinski definition) is 6. The summed E-state index contributed by atoms with van der Waals surface area (Å²) in [6.45, 7) is 2.39. The minimum absolute atomic E-state index is 0.0337. The highest BCUT2D eigenvalue weighted by Crippen LogP contribution is 2.38. The first-order chi connectivity index (χ1) is 15.4. The summed E-state index contributed by atoms with van der Waals surface area (Å²) in [6.07, 6.45) is 0. The molecule has 2 aliphatic rings. The molecule has 2 saturated heterocycles. The number of hydrogen-bond donors (Lipinski definition) is 0. The second-order valence-electron chi connectivity index (χ2n) is 7.92. The van der Waals surface area contributed by atoms with Crippen molar-refractivity contribution in [1.82, 2.24) is 9.21 Å². The van der Waals surface area contributed by atoms with E-state index in [2.05, 4.69) is 0 Å².